The van der Waals surface area contributed by atoms with Crippen LogP contribution in [0.15, 0.2) is 47.9 Å². The minimum absolute atomic E-state index is 0.00469. The lowest BCUT2D eigenvalue weighted by molar-refractivity contribution is -0.156. The molecule has 610 valence electrons. The van der Waals surface area contributed by atoms with Gasteiger partial charge in [0.2, 0.25) is 29.5 Å². The van der Waals surface area contributed by atoms with Crippen molar-refractivity contribution < 1.29 is 106 Å². The number of ether oxygens (including phenoxy) is 4. The number of nitrogens with zero attached hydrogens (tertiary/aromatic N) is 5. The lowest BCUT2D eigenvalue weighted by atomic mass is 9.81. The molecule has 7 unspecified atom stereocenters. The number of fused-ring (bicyclic) bond motifs is 1. The molecule has 5 rings (SSSR count). The van der Waals surface area contributed by atoms with E-state index < -0.39 is 185 Å². The summed E-state index contributed by atoms with van der Waals surface area (Å²) in [7, 11) is 5.27. The molecule has 12 atom stereocenters. The summed E-state index contributed by atoms with van der Waals surface area (Å²) in [5.41, 5.74) is -0.636. The van der Waals surface area contributed by atoms with Crippen LogP contribution in [-0.4, -0.2) is 232 Å². The molecular formula is C78H110N10O22S. The Balaban J connectivity index is 1.42. The van der Waals surface area contributed by atoms with Gasteiger partial charge in [-0.1, -0.05) is 61.0 Å². The Labute approximate surface area is 651 Å². The van der Waals surface area contributed by atoms with Crippen molar-refractivity contribution in [2.75, 3.05) is 66.0 Å². The first-order chi connectivity index (χ1) is 52.2. The number of esters is 2. The van der Waals surface area contributed by atoms with Crippen LogP contribution < -0.4 is 31.3 Å². The average Bonchev–Trinajstić information content (AvgIpc) is 1.67. The second-order valence-corrected chi connectivity index (χ2v) is 30.6. The van der Waals surface area contributed by atoms with Crippen LogP contribution >= 0.6 is 11.3 Å². The topological polar surface area (TPSA) is 433 Å². The SMILES string of the molecule is CC[C@H](C)[C@H](CC(=O)C(C)(C)N(C)C)C(=O)N(C)[C@H](C[C@@H](OC(C)=O)c1nc(C(=O)N[C@@H](Cc2ccc3c(c2)NC(=O)C(C)CC(=O)C(C)NC(=O)CCOCCCC(=O)C(N2C(=O)C=CC2=O)C(N2C(=O)C=CC2=O)C(=O)CCCOCCC(=O)NC(C)C(=O)CC(C)C(=O)O3)CC(C)C(=O)NCCO)cs1)C(C)C. The van der Waals surface area contributed by atoms with Crippen LogP contribution in [0, 0.1) is 35.5 Å². The van der Waals surface area contributed by atoms with E-state index in [1.54, 1.807) is 33.0 Å². The number of nitrogens with one attached hydrogen (secondary N) is 5. The number of likely N-dealkylation sites (N-methyl/N-ethyl adjacent to an activating group) is 1. The van der Waals surface area contributed by atoms with Gasteiger partial charge in [0.1, 0.15) is 22.8 Å². The van der Waals surface area contributed by atoms with E-state index >= 15 is 0 Å². The fraction of sp³-hybridized carbons (Fsp3) is 0.615. The Morgan fingerprint density at radius 1 is 0.721 bits per heavy atom. The Morgan fingerprint density at radius 2 is 1.24 bits per heavy atom. The minimum atomic E-state index is -1.94. The normalized spacial score (nSPS) is 22.3. The third kappa shape index (κ3) is 26.9. The van der Waals surface area contributed by atoms with Crippen LogP contribution in [0.5, 0.6) is 5.75 Å². The molecule has 0 aliphatic carbocycles. The Hall–Kier alpha value is -9.44. The summed E-state index contributed by atoms with van der Waals surface area (Å²) in [5, 5.41) is 24.7. The van der Waals surface area contributed by atoms with Gasteiger partial charge in [0.15, 0.2) is 40.8 Å². The molecule has 3 aliphatic rings. The first-order valence-corrected chi connectivity index (χ1v) is 38.5. The summed E-state index contributed by atoms with van der Waals surface area (Å²) in [6.45, 7) is 18.6. The van der Waals surface area contributed by atoms with Crippen molar-refractivity contribution >= 4 is 117 Å². The molecule has 1 aromatic carbocycles. The van der Waals surface area contributed by atoms with Gasteiger partial charge in [-0.25, -0.2) is 4.98 Å². The molecule has 0 fully saturated rings. The third-order valence-electron chi connectivity index (χ3n) is 20.2. The van der Waals surface area contributed by atoms with Crippen LogP contribution in [-0.2, 0) is 97.3 Å². The summed E-state index contributed by atoms with van der Waals surface area (Å²) in [6, 6.07) is -3.28. The number of hydrogen-bond acceptors (Lipinski definition) is 25. The molecule has 3 aliphatic heterocycles. The molecular weight excluding hydrogens is 1460 g/mol. The van der Waals surface area contributed by atoms with E-state index in [-0.39, 0.29) is 137 Å². The zero-order chi connectivity index (χ0) is 82.9. The lowest BCUT2D eigenvalue weighted by Gasteiger charge is -2.38. The summed E-state index contributed by atoms with van der Waals surface area (Å²) in [4.78, 5) is 241. The molecule has 2 aromatic rings. The van der Waals surface area contributed by atoms with Crippen molar-refractivity contribution in [2.24, 2.45) is 35.5 Å². The molecule has 0 radical (unpaired) electrons. The number of carbonyl (C=O) groups is 17. The van der Waals surface area contributed by atoms with Gasteiger partial charge in [0.25, 0.3) is 29.5 Å². The van der Waals surface area contributed by atoms with Crippen LogP contribution in [0.3, 0.4) is 0 Å². The lowest BCUT2D eigenvalue weighted by Crippen LogP contribution is -2.61. The molecule has 1 aromatic heterocycles. The summed E-state index contributed by atoms with van der Waals surface area (Å²) < 4.78 is 23.0. The number of aliphatic hydroxyl groups excluding tert-OH is 1. The molecule has 32 nitrogen and oxygen atoms in total. The number of anilines is 1. The van der Waals surface area contributed by atoms with E-state index in [0.717, 1.165) is 35.6 Å². The van der Waals surface area contributed by atoms with Crippen molar-refractivity contribution in [1.82, 2.24) is 45.9 Å². The molecule has 111 heavy (non-hydrogen) atoms. The maximum atomic E-state index is 14.6. The zero-order valence-electron chi connectivity index (χ0n) is 66.2. The van der Waals surface area contributed by atoms with Crippen LogP contribution in [0.4, 0.5) is 5.69 Å². The molecule has 4 heterocycles. The quantitative estimate of drug-likeness (QED) is 0.0487. The van der Waals surface area contributed by atoms with Crippen LogP contribution in [0.2, 0.25) is 0 Å². The molecule has 0 bridgehead atoms. The number of amides is 10. The van der Waals surface area contributed by atoms with E-state index in [0.29, 0.717) is 21.8 Å². The largest absolute Gasteiger partial charge is 0.455 e. The predicted molar refractivity (Wildman–Crippen MR) is 404 cm³/mol. The molecule has 33 heteroatoms. The number of rotatable bonds is 24. The molecule has 6 N–H and O–H groups in total. The van der Waals surface area contributed by atoms with Gasteiger partial charge in [-0.3, -0.25) is 96.2 Å². The van der Waals surface area contributed by atoms with E-state index in [1.807, 2.05) is 46.4 Å². The second kappa shape index (κ2) is 43.4. The first kappa shape index (κ1) is 92.2. The summed E-state index contributed by atoms with van der Waals surface area (Å²) in [6.07, 6.45) is 0.592. The summed E-state index contributed by atoms with van der Waals surface area (Å²) in [5.74, 6) is -16.2. The number of hydrogen-bond donors (Lipinski definition) is 6. The summed E-state index contributed by atoms with van der Waals surface area (Å²) >= 11 is 1.04. The van der Waals surface area contributed by atoms with E-state index in [1.165, 1.54) is 58.2 Å². The highest BCUT2D eigenvalue weighted by atomic mass is 32.1. The van der Waals surface area contributed by atoms with Crippen LogP contribution in [0.25, 0.3) is 0 Å². The highest BCUT2D eigenvalue weighted by Crippen LogP contribution is 2.35. The molecule has 0 spiro atoms. The minimum Gasteiger partial charge on any atom is -0.455 e. The number of Topliss-reactive ketones (excluding diaryl/α,β-unsaturated/α-hetero) is 5. The Kier molecular flexibility index (Phi) is 36.0. The van der Waals surface area contributed by atoms with Crippen LogP contribution in [0.1, 0.15) is 187 Å². The molecule has 0 saturated carbocycles. The zero-order valence-corrected chi connectivity index (χ0v) is 67.0. The highest BCUT2D eigenvalue weighted by Gasteiger charge is 2.50. The van der Waals surface area contributed by atoms with Gasteiger partial charge in [-0.05, 0) is 97.0 Å². The highest BCUT2D eigenvalue weighted by molar-refractivity contribution is 7.09. The number of ketones is 5. The predicted octanol–water partition coefficient (Wildman–Crippen LogP) is 4.21. The smallest absolute Gasteiger partial charge is 0.314 e. The Bertz CT molecular complexity index is 3790. The van der Waals surface area contributed by atoms with Gasteiger partial charge in [-0.15, -0.1) is 11.3 Å². The average molecular weight is 1570 g/mol. The van der Waals surface area contributed by atoms with E-state index in [2.05, 4.69) is 31.6 Å². The van der Waals surface area contributed by atoms with Gasteiger partial charge in [0.05, 0.1) is 49.0 Å². The number of aromatic nitrogens is 1. The second-order valence-electron chi connectivity index (χ2n) is 29.7. The number of aliphatic hydroxyl groups is 1. The fourth-order valence-corrected chi connectivity index (χ4v) is 13.5. The monoisotopic (exact) mass is 1570 g/mol. The number of carbonyl (C=O) groups excluding carboxylic acids is 17. The van der Waals surface area contributed by atoms with Gasteiger partial charge < -0.3 is 55.5 Å². The van der Waals surface area contributed by atoms with Crippen molar-refractivity contribution in [3.05, 3.63) is 64.1 Å². The van der Waals surface area contributed by atoms with E-state index in [9.17, 15) is 86.6 Å². The van der Waals surface area contributed by atoms with Gasteiger partial charge >= 0.3 is 11.9 Å². The fourth-order valence-electron chi connectivity index (χ4n) is 12.7. The third-order valence-corrected chi connectivity index (χ3v) is 21.2. The number of imide groups is 2. The van der Waals surface area contributed by atoms with Crippen molar-refractivity contribution in [3.8, 4) is 5.75 Å². The maximum absolute atomic E-state index is 14.6. The van der Waals surface area contributed by atoms with Gasteiger partial charge in [-0.2, -0.15) is 0 Å². The van der Waals surface area contributed by atoms with Crippen molar-refractivity contribution in [3.63, 3.8) is 0 Å². The standard InChI is InChI=1S/C78H110N10O22S/c1-16-44(4)53(40-63(95)78(11,12)85(13)14)76(105)86(15)56(43(2)3)41-62(109-50(10)90)75-84-55(42-111-75)74(104)82-52(35-45(5)72(102)79-29-30-89)38-51-21-22-61-54(39-51)83-73(103)46(6)36-59(93)48(8)80-64(96)27-33-107-31-17-19-57(91)70(87-66(98)23-24-67(87)99)71(88-68(100)25-26-69(88)101)58(92)20-18-32-108-34-28-65(97)81-49(9)60(94)37-47(7)77(106)110-61/h21-26,39,42-49,52-53,56,62,70-71,89H,16-20,27-38,40-41H2,1-15H3,(H,79,102)(H,80,96)(H,81,97)(H,82,104)(H,83,103)/t44-,45?,46?,47?,48?,49?,52+,53-,56+,62+,70?,71?/m0/s1. The van der Waals surface area contributed by atoms with E-state index in [4.69, 9.17) is 18.9 Å². The van der Waals surface area contributed by atoms with Crippen molar-refractivity contribution in [2.45, 2.75) is 214 Å². The number of benzene rings is 1. The molecule has 10 amide bonds. The van der Waals surface area contributed by atoms with Gasteiger partial charge in [0, 0.05) is 145 Å². The Morgan fingerprint density at radius 3 is 1.73 bits per heavy atom. The molecule has 0 saturated heterocycles. The number of thiazole rings is 1. The first-order valence-electron chi connectivity index (χ1n) is 37.6. The maximum Gasteiger partial charge on any atom is 0.314 e. The van der Waals surface area contributed by atoms with Crippen molar-refractivity contribution in [1.29, 1.82) is 0 Å².